The average Bonchev–Trinajstić information content (AvgIpc) is 2.66. The third-order valence-electron chi connectivity index (χ3n) is 4.64. The topological polar surface area (TPSA) is 122 Å². The first-order valence-corrected chi connectivity index (χ1v) is 10.9. The Morgan fingerprint density at radius 2 is 1.76 bits per heavy atom. The summed E-state index contributed by atoms with van der Waals surface area (Å²) in [6, 6.07) is 4.34. The van der Waals surface area contributed by atoms with Crippen LogP contribution in [0.3, 0.4) is 0 Å². The number of benzene rings is 1. The molecule has 1 aromatic rings. The van der Waals surface area contributed by atoms with Crippen molar-refractivity contribution in [2.24, 2.45) is 5.92 Å². The smallest absolute Gasteiger partial charge is 0.324 e. The van der Waals surface area contributed by atoms with Crippen LogP contribution in [0.25, 0.3) is 0 Å². The average molecular weight is 426 g/mol. The first-order chi connectivity index (χ1) is 13.6. The third-order valence-corrected chi connectivity index (χ3v) is 6.20. The zero-order valence-corrected chi connectivity index (χ0v) is 17.6. The van der Waals surface area contributed by atoms with Gasteiger partial charge in [-0.2, -0.15) is 4.72 Å². The first kappa shape index (κ1) is 22.8. The minimum atomic E-state index is -3.97. The standard InChI is InChI=1S/C19H27N3O6S/c1-13-8-10-22(11-9-13)18(24)12-28-19(25)14(2)21-29(26,27)17-6-4-16(5-7-17)20-15(3)23/h4-7,13-14,21H,8-12H2,1-3H3,(H,20,23)/t14-/m0/s1. The van der Waals surface area contributed by atoms with E-state index in [1.54, 1.807) is 4.90 Å². The summed E-state index contributed by atoms with van der Waals surface area (Å²) >= 11 is 0. The molecule has 0 unspecified atom stereocenters. The number of nitrogens with zero attached hydrogens (tertiary/aromatic N) is 1. The van der Waals surface area contributed by atoms with E-state index in [9.17, 15) is 22.8 Å². The van der Waals surface area contributed by atoms with Crippen molar-refractivity contribution in [1.29, 1.82) is 0 Å². The van der Waals surface area contributed by atoms with Gasteiger partial charge in [0.05, 0.1) is 4.90 Å². The molecule has 2 amide bonds. The zero-order chi connectivity index (χ0) is 21.6. The van der Waals surface area contributed by atoms with Gasteiger partial charge in [0.2, 0.25) is 15.9 Å². The predicted molar refractivity (Wildman–Crippen MR) is 106 cm³/mol. The summed E-state index contributed by atoms with van der Waals surface area (Å²) in [7, 11) is -3.97. The summed E-state index contributed by atoms with van der Waals surface area (Å²) < 4.78 is 32.0. The number of sulfonamides is 1. The maximum atomic E-state index is 12.4. The van der Waals surface area contributed by atoms with Gasteiger partial charge in [-0.05, 0) is 49.9 Å². The number of esters is 1. The molecule has 1 atom stereocenters. The van der Waals surface area contributed by atoms with Gasteiger partial charge < -0.3 is 15.0 Å². The number of anilines is 1. The largest absolute Gasteiger partial charge is 0.454 e. The highest BCUT2D eigenvalue weighted by molar-refractivity contribution is 7.89. The maximum Gasteiger partial charge on any atom is 0.324 e. The van der Waals surface area contributed by atoms with Crippen LogP contribution >= 0.6 is 0 Å². The summed E-state index contributed by atoms with van der Waals surface area (Å²) in [6.45, 7) is 5.67. The summed E-state index contributed by atoms with van der Waals surface area (Å²) in [5.41, 5.74) is 0.453. The van der Waals surface area contributed by atoms with Crippen LogP contribution < -0.4 is 10.0 Å². The highest BCUT2D eigenvalue weighted by atomic mass is 32.2. The fraction of sp³-hybridized carbons (Fsp3) is 0.526. The van der Waals surface area contributed by atoms with Crippen LogP contribution in [0.4, 0.5) is 5.69 Å². The van der Waals surface area contributed by atoms with Crippen molar-refractivity contribution in [1.82, 2.24) is 9.62 Å². The molecular weight excluding hydrogens is 398 g/mol. The highest BCUT2D eigenvalue weighted by Gasteiger charge is 2.25. The quantitative estimate of drug-likeness (QED) is 0.631. The summed E-state index contributed by atoms with van der Waals surface area (Å²) in [5.74, 6) is -0.817. The van der Waals surface area contributed by atoms with Gasteiger partial charge in [0.1, 0.15) is 6.04 Å². The molecule has 9 nitrogen and oxygen atoms in total. The van der Waals surface area contributed by atoms with Gasteiger partial charge in [0, 0.05) is 25.7 Å². The van der Waals surface area contributed by atoms with Gasteiger partial charge in [0.25, 0.3) is 5.91 Å². The Kier molecular flexibility index (Phi) is 7.74. The molecule has 1 heterocycles. The number of carbonyl (C=O) groups excluding carboxylic acids is 3. The Balaban J connectivity index is 1.87. The fourth-order valence-corrected chi connectivity index (χ4v) is 4.07. The van der Waals surface area contributed by atoms with Crippen LogP contribution in [0.1, 0.15) is 33.6 Å². The Labute approximate surface area is 170 Å². The van der Waals surface area contributed by atoms with Gasteiger partial charge in [-0.1, -0.05) is 6.92 Å². The highest BCUT2D eigenvalue weighted by Crippen LogP contribution is 2.16. The number of rotatable bonds is 7. The second-order valence-corrected chi connectivity index (χ2v) is 8.93. The monoisotopic (exact) mass is 425 g/mol. The molecule has 10 heteroatoms. The van der Waals surface area contributed by atoms with Crippen molar-refractivity contribution < 1.29 is 27.5 Å². The van der Waals surface area contributed by atoms with Gasteiger partial charge in [-0.15, -0.1) is 0 Å². The Morgan fingerprint density at radius 3 is 2.31 bits per heavy atom. The van der Waals surface area contributed by atoms with Crippen LogP contribution in [0.15, 0.2) is 29.2 Å². The molecule has 1 saturated heterocycles. The van der Waals surface area contributed by atoms with Gasteiger partial charge in [-0.25, -0.2) is 8.42 Å². The number of likely N-dealkylation sites (tertiary alicyclic amines) is 1. The van der Waals surface area contributed by atoms with Crippen molar-refractivity contribution in [2.45, 2.75) is 44.6 Å². The SMILES string of the molecule is CC(=O)Nc1ccc(S(=O)(=O)N[C@@H](C)C(=O)OCC(=O)N2CCC(C)CC2)cc1. The molecule has 0 bridgehead atoms. The molecule has 0 spiro atoms. The molecule has 1 aromatic carbocycles. The van der Waals surface area contributed by atoms with Crippen molar-refractivity contribution in [2.75, 3.05) is 25.0 Å². The van der Waals surface area contributed by atoms with Crippen LogP contribution in [-0.4, -0.2) is 56.8 Å². The minimum absolute atomic E-state index is 0.0650. The molecule has 0 saturated carbocycles. The van der Waals surface area contributed by atoms with E-state index in [0.29, 0.717) is 24.7 Å². The molecule has 2 rings (SSSR count). The van der Waals surface area contributed by atoms with Gasteiger partial charge >= 0.3 is 5.97 Å². The summed E-state index contributed by atoms with van der Waals surface area (Å²) in [4.78, 5) is 36.8. The molecule has 1 aliphatic heterocycles. The maximum absolute atomic E-state index is 12.4. The number of hydrogen-bond acceptors (Lipinski definition) is 6. The molecule has 1 fully saturated rings. The Hall–Kier alpha value is -2.46. The third kappa shape index (κ3) is 6.82. The normalized spacial score (nSPS) is 16.2. The molecule has 1 aliphatic rings. The van der Waals surface area contributed by atoms with Crippen molar-refractivity contribution >= 4 is 33.5 Å². The van der Waals surface area contributed by atoms with Crippen molar-refractivity contribution in [3.63, 3.8) is 0 Å². The Morgan fingerprint density at radius 1 is 1.17 bits per heavy atom. The number of ether oxygens (including phenoxy) is 1. The van der Waals surface area contributed by atoms with E-state index < -0.39 is 28.6 Å². The second kappa shape index (κ2) is 9.84. The lowest BCUT2D eigenvalue weighted by molar-refractivity contribution is -0.153. The van der Waals surface area contributed by atoms with Crippen LogP contribution in [0.2, 0.25) is 0 Å². The van der Waals surface area contributed by atoms with Crippen molar-refractivity contribution in [3.8, 4) is 0 Å². The van der Waals surface area contributed by atoms with Crippen LogP contribution in [-0.2, 0) is 29.1 Å². The number of amides is 2. The first-order valence-electron chi connectivity index (χ1n) is 9.43. The number of piperidine rings is 1. The van der Waals surface area contributed by atoms with E-state index in [4.69, 9.17) is 4.74 Å². The molecular formula is C19H27N3O6S. The molecule has 0 aliphatic carbocycles. The summed E-state index contributed by atoms with van der Waals surface area (Å²) in [6.07, 6.45) is 1.83. The lowest BCUT2D eigenvalue weighted by Crippen LogP contribution is -2.43. The van der Waals surface area contributed by atoms with Crippen molar-refractivity contribution in [3.05, 3.63) is 24.3 Å². The van der Waals surface area contributed by atoms with Crippen LogP contribution in [0.5, 0.6) is 0 Å². The molecule has 29 heavy (non-hydrogen) atoms. The number of carbonyl (C=O) groups is 3. The number of nitrogens with one attached hydrogen (secondary N) is 2. The minimum Gasteiger partial charge on any atom is -0.454 e. The fourth-order valence-electron chi connectivity index (χ4n) is 2.88. The molecule has 0 radical (unpaired) electrons. The lowest BCUT2D eigenvalue weighted by Gasteiger charge is -2.30. The van der Waals surface area contributed by atoms with Gasteiger partial charge in [0.15, 0.2) is 6.61 Å². The lowest BCUT2D eigenvalue weighted by atomic mass is 9.99. The van der Waals surface area contributed by atoms with E-state index in [1.165, 1.54) is 38.1 Å². The summed E-state index contributed by atoms with van der Waals surface area (Å²) in [5, 5.41) is 2.53. The molecule has 2 N–H and O–H groups in total. The Bertz CT molecular complexity index is 845. The van der Waals surface area contributed by atoms with Gasteiger partial charge in [-0.3, -0.25) is 14.4 Å². The second-order valence-electron chi connectivity index (χ2n) is 7.22. The van der Waals surface area contributed by atoms with E-state index >= 15 is 0 Å². The molecule has 160 valence electrons. The van der Waals surface area contributed by atoms with E-state index in [0.717, 1.165) is 12.8 Å². The van der Waals surface area contributed by atoms with E-state index in [2.05, 4.69) is 17.0 Å². The van der Waals surface area contributed by atoms with Crippen LogP contribution in [0, 0.1) is 5.92 Å². The zero-order valence-electron chi connectivity index (χ0n) is 16.8. The van der Waals surface area contributed by atoms with E-state index in [1.807, 2.05) is 0 Å². The number of hydrogen-bond donors (Lipinski definition) is 2. The molecule has 0 aromatic heterocycles. The van der Waals surface area contributed by atoms with E-state index in [-0.39, 0.29) is 16.7 Å². The predicted octanol–water partition coefficient (Wildman–Crippen LogP) is 1.11.